The molecule has 92 valence electrons. The lowest BCUT2D eigenvalue weighted by molar-refractivity contribution is -0.122. The first-order valence-corrected chi connectivity index (χ1v) is 5.13. The number of aldehydes is 1. The normalized spacial score (nSPS) is 11.6. The number of primary amides is 1. The molecule has 0 fully saturated rings. The minimum Gasteiger partial charge on any atom is -0.493 e. The Morgan fingerprint density at radius 2 is 2.18 bits per heavy atom. The molecule has 1 unspecified atom stereocenters. The van der Waals surface area contributed by atoms with Gasteiger partial charge < -0.3 is 15.2 Å². The summed E-state index contributed by atoms with van der Waals surface area (Å²) >= 11 is 0. The molecule has 1 amide bonds. The van der Waals surface area contributed by atoms with Crippen molar-refractivity contribution in [3.63, 3.8) is 0 Å². The topological polar surface area (TPSA) is 78.6 Å². The highest BCUT2D eigenvalue weighted by Gasteiger charge is 2.11. The quantitative estimate of drug-likeness (QED) is 0.749. The molecular weight excluding hydrogens is 222 g/mol. The lowest BCUT2D eigenvalue weighted by Gasteiger charge is -2.13. The molecule has 1 atom stereocenters. The number of rotatable bonds is 6. The zero-order valence-electron chi connectivity index (χ0n) is 9.80. The van der Waals surface area contributed by atoms with Crippen LogP contribution in [-0.4, -0.2) is 25.9 Å². The summed E-state index contributed by atoms with van der Waals surface area (Å²) < 4.78 is 10.5. The Kier molecular flexibility index (Phi) is 4.51. The van der Waals surface area contributed by atoms with Crippen LogP contribution < -0.4 is 15.2 Å². The Morgan fingerprint density at radius 3 is 2.71 bits per heavy atom. The first kappa shape index (κ1) is 13.0. The fraction of sp³-hybridized carbons (Fsp3) is 0.333. The van der Waals surface area contributed by atoms with Crippen LogP contribution in [0.1, 0.15) is 17.3 Å². The summed E-state index contributed by atoms with van der Waals surface area (Å²) in [6.45, 7) is 1.85. The zero-order chi connectivity index (χ0) is 12.8. The molecule has 5 heteroatoms. The van der Waals surface area contributed by atoms with Gasteiger partial charge in [-0.05, 0) is 18.2 Å². The third-order valence-corrected chi connectivity index (χ3v) is 2.30. The molecule has 5 nitrogen and oxygen atoms in total. The Balaban J connectivity index is 2.77. The number of carbonyl (C=O) groups excluding carboxylic acids is 2. The van der Waals surface area contributed by atoms with Gasteiger partial charge in [0.25, 0.3) is 0 Å². The van der Waals surface area contributed by atoms with E-state index in [2.05, 4.69) is 0 Å². The van der Waals surface area contributed by atoms with Gasteiger partial charge in [-0.15, -0.1) is 0 Å². The molecule has 1 rings (SSSR count). The number of methoxy groups -OCH3 is 1. The van der Waals surface area contributed by atoms with Crippen molar-refractivity contribution in [2.24, 2.45) is 11.7 Å². The fourth-order valence-corrected chi connectivity index (χ4v) is 1.17. The molecule has 1 aromatic rings. The lowest BCUT2D eigenvalue weighted by atomic mass is 10.2. The monoisotopic (exact) mass is 237 g/mol. The Labute approximate surface area is 99.5 Å². The maximum absolute atomic E-state index is 10.8. The molecule has 0 radical (unpaired) electrons. The molecule has 1 aromatic carbocycles. The van der Waals surface area contributed by atoms with E-state index in [1.165, 1.54) is 7.11 Å². The summed E-state index contributed by atoms with van der Waals surface area (Å²) in [6, 6.07) is 4.80. The highest BCUT2D eigenvalue weighted by Crippen LogP contribution is 2.27. The zero-order valence-corrected chi connectivity index (χ0v) is 9.80. The van der Waals surface area contributed by atoms with Gasteiger partial charge in [0.05, 0.1) is 19.6 Å². The first-order valence-electron chi connectivity index (χ1n) is 5.13. The molecule has 0 heterocycles. The molecule has 0 saturated heterocycles. The Hall–Kier alpha value is -2.04. The standard InChI is InChI=1S/C12H15NO4/c1-8(12(13)15)7-17-10-4-3-9(6-14)5-11(10)16-2/h3-6,8H,7H2,1-2H3,(H2,13,15). The first-order chi connectivity index (χ1) is 8.08. The van der Waals surface area contributed by atoms with Gasteiger partial charge >= 0.3 is 0 Å². The summed E-state index contributed by atoms with van der Waals surface area (Å²) in [7, 11) is 1.48. The molecule has 0 saturated carbocycles. The van der Waals surface area contributed by atoms with Gasteiger partial charge in [-0.3, -0.25) is 9.59 Å². The van der Waals surface area contributed by atoms with Crippen molar-refractivity contribution >= 4 is 12.2 Å². The molecule has 0 spiro atoms. The van der Waals surface area contributed by atoms with Crippen LogP contribution in [0.3, 0.4) is 0 Å². The number of amides is 1. The largest absolute Gasteiger partial charge is 0.493 e. The van der Waals surface area contributed by atoms with Gasteiger partial charge in [-0.2, -0.15) is 0 Å². The Morgan fingerprint density at radius 1 is 1.47 bits per heavy atom. The van der Waals surface area contributed by atoms with Crippen LogP contribution >= 0.6 is 0 Å². The van der Waals surface area contributed by atoms with Crippen LogP contribution in [0.5, 0.6) is 11.5 Å². The molecule has 0 aliphatic heterocycles. The molecule has 17 heavy (non-hydrogen) atoms. The smallest absolute Gasteiger partial charge is 0.223 e. The van der Waals surface area contributed by atoms with Crippen LogP contribution in [0.25, 0.3) is 0 Å². The van der Waals surface area contributed by atoms with E-state index in [9.17, 15) is 9.59 Å². The van der Waals surface area contributed by atoms with Crippen molar-refractivity contribution in [3.05, 3.63) is 23.8 Å². The molecule has 0 aliphatic rings. The van der Waals surface area contributed by atoms with Gasteiger partial charge in [0.2, 0.25) is 5.91 Å². The average molecular weight is 237 g/mol. The minimum atomic E-state index is -0.423. The third kappa shape index (κ3) is 3.48. The summed E-state index contributed by atoms with van der Waals surface area (Å²) in [6.07, 6.45) is 0.721. The van der Waals surface area contributed by atoms with Crippen LogP contribution in [0.15, 0.2) is 18.2 Å². The van der Waals surface area contributed by atoms with Crippen molar-refractivity contribution < 1.29 is 19.1 Å². The second kappa shape index (κ2) is 5.89. The molecule has 2 N–H and O–H groups in total. The maximum atomic E-state index is 10.8. The van der Waals surface area contributed by atoms with Gasteiger partial charge in [-0.25, -0.2) is 0 Å². The average Bonchev–Trinajstić information content (AvgIpc) is 2.35. The molecule has 0 bridgehead atoms. The van der Waals surface area contributed by atoms with Crippen molar-refractivity contribution in [1.82, 2.24) is 0 Å². The van der Waals surface area contributed by atoms with E-state index in [0.29, 0.717) is 17.1 Å². The minimum absolute atomic E-state index is 0.173. The van der Waals surface area contributed by atoms with Gasteiger partial charge in [0.1, 0.15) is 6.29 Å². The van der Waals surface area contributed by atoms with E-state index in [4.69, 9.17) is 15.2 Å². The number of hydrogen-bond donors (Lipinski definition) is 1. The highest BCUT2D eigenvalue weighted by molar-refractivity contribution is 5.77. The van der Waals surface area contributed by atoms with Crippen molar-refractivity contribution in [3.8, 4) is 11.5 Å². The van der Waals surface area contributed by atoms with Crippen LogP contribution in [0.2, 0.25) is 0 Å². The maximum Gasteiger partial charge on any atom is 0.223 e. The molecule has 0 aliphatic carbocycles. The van der Waals surface area contributed by atoms with E-state index in [0.717, 1.165) is 6.29 Å². The van der Waals surface area contributed by atoms with Gasteiger partial charge in [0.15, 0.2) is 11.5 Å². The highest BCUT2D eigenvalue weighted by atomic mass is 16.5. The van der Waals surface area contributed by atoms with Crippen molar-refractivity contribution in [2.75, 3.05) is 13.7 Å². The van der Waals surface area contributed by atoms with Gasteiger partial charge in [0, 0.05) is 5.56 Å². The van der Waals surface area contributed by atoms with E-state index in [1.54, 1.807) is 25.1 Å². The van der Waals surface area contributed by atoms with Gasteiger partial charge in [-0.1, -0.05) is 6.92 Å². The number of carbonyl (C=O) groups is 2. The number of ether oxygens (including phenoxy) is 2. The molecule has 0 aromatic heterocycles. The van der Waals surface area contributed by atoms with Crippen molar-refractivity contribution in [2.45, 2.75) is 6.92 Å². The number of hydrogen-bond acceptors (Lipinski definition) is 4. The lowest BCUT2D eigenvalue weighted by Crippen LogP contribution is -2.25. The summed E-state index contributed by atoms with van der Waals surface area (Å²) in [5.41, 5.74) is 5.62. The summed E-state index contributed by atoms with van der Waals surface area (Å²) in [5, 5.41) is 0. The van der Waals surface area contributed by atoms with E-state index in [-0.39, 0.29) is 12.5 Å². The van der Waals surface area contributed by atoms with E-state index >= 15 is 0 Å². The van der Waals surface area contributed by atoms with Crippen molar-refractivity contribution in [1.29, 1.82) is 0 Å². The molecular formula is C12H15NO4. The fourth-order valence-electron chi connectivity index (χ4n) is 1.17. The second-order valence-corrected chi connectivity index (χ2v) is 3.64. The third-order valence-electron chi connectivity index (χ3n) is 2.30. The summed E-state index contributed by atoms with van der Waals surface area (Å²) in [5.74, 6) is 0.122. The number of nitrogens with two attached hydrogens (primary N) is 1. The second-order valence-electron chi connectivity index (χ2n) is 3.64. The SMILES string of the molecule is COc1cc(C=O)ccc1OCC(C)C(N)=O. The summed E-state index contributed by atoms with van der Waals surface area (Å²) in [4.78, 5) is 21.4. The predicted octanol–water partition coefficient (Wildman–Crippen LogP) is 1.01. The van der Waals surface area contributed by atoms with Crippen LogP contribution in [0, 0.1) is 5.92 Å². The van der Waals surface area contributed by atoms with E-state index in [1.807, 2.05) is 0 Å². The Bertz CT molecular complexity index is 417. The van der Waals surface area contributed by atoms with E-state index < -0.39 is 5.91 Å². The number of benzene rings is 1. The van der Waals surface area contributed by atoms with Crippen LogP contribution in [-0.2, 0) is 4.79 Å². The predicted molar refractivity (Wildman–Crippen MR) is 62.2 cm³/mol. The van der Waals surface area contributed by atoms with Crippen LogP contribution in [0.4, 0.5) is 0 Å².